The molecular weight excluding hydrogens is 401 g/mol. The lowest BCUT2D eigenvalue weighted by Crippen LogP contribution is -2.09. The zero-order chi connectivity index (χ0) is 20.4. The van der Waals surface area contributed by atoms with Gasteiger partial charge in [-0.15, -0.1) is 10.2 Å². The van der Waals surface area contributed by atoms with E-state index in [4.69, 9.17) is 27.9 Å². The molecule has 0 aliphatic carbocycles. The molecule has 0 fully saturated rings. The lowest BCUT2D eigenvalue weighted by Gasteiger charge is -2.13. The van der Waals surface area contributed by atoms with Crippen molar-refractivity contribution in [3.63, 3.8) is 0 Å². The maximum absolute atomic E-state index is 12.1. The van der Waals surface area contributed by atoms with Crippen LogP contribution in [0.15, 0.2) is 40.6 Å². The van der Waals surface area contributed by atoms with E-state index in [0.717, 1.165) is 11.1 Å². The first-order chi connectivity index (χ1) is 13.3. The Morgan fingerprint density at radius 2 is 2.00 bits per heavy atom. The Morgan fingerprint density at radius 1 is 1.25 bits per heavy atom. The molecule has 2 N–H and O–H groups in total. The van der Waals surface area contributed by atoms with Gasteiger partial charge in [0.05, 0.1) is 10.5 Å². The van der Waals surface area contributed by atoms with Crippen LogP contribution in [0.25, 0.3) is 10.9 Å². The van der Waals surface area contributed by atoms with Crippen LogP contribution in [0.2, 0.25) is 10.0 Å². The van der Waals surface area contributed by atoms with Crippen LogP contribution in [-0.4, -0.2) is 22.6 Å². The van der Waals surface area contributed by atoms with Gasteiger partial charge in [-0.05, 0) is 42.2 Å². The van der Waals surface area contributed by atoms with Gasteiger partial charge in [0.2, 0.25) is 5.88 Å². The molecule has 0 aliphatic heterocycles. The average Bonchev–Trinajstić information content (AvgIpc) is 2.93. The number of amides is 1. The molecule has 2 aromatic carbocycles. The number of aromatic hydroxyl groups is 1. The van der Waals surface area contributed by atoms with Crippen molar-refractivity contribution in [2.75, 3.05) is 6.61 Å². The number of rotatable bonds is 5. The van der Waals surface area contributed by atoms with Crippen LogP contribution < -0.4 is 4.74 Å². The standard InChI is InChI=1S/C20H19Cl2N3O3/c1-10(2)13-5-4-11(3)6-16(13)28-9-17(26)24-25-19-14-7-12(21)8-15(22)18(14)23-20(19)27/h4-8,10,23,27H,9H2,1-3H3. The predicted octanol–water partition coefficient (Wildman–Crippen LogP) is 6.30. The molecule has 3 rings (SSSR count). The van der Waals surface area contributed by atoms with Crippen molar-refractivity contribution < 1.29 is 14.6 Å². The third-order valence-corrected chi connectivity index (χ3v) is 4.70. The third-order valence-electron chi connectivity index (χ3n) is 4.18. The lowest BCUT2D eigenvalue weighted by molar-refractivity contribution is -0.120. The van der Waals surface area contributed by atoms with E-state index < -0.39 is 5.91 Å². The maximum atomic E-state index is 12.1. The average molecular weight is 420 g/mol. The number of carbonyl (C=O) groups excluding carboxylic acids is 1. The summed E-state index contributed by atoms with van der Waals surface area (Å²) in [6.45, 7) is 5.79. The number of carbonyl (C=O) groups is 1. The summed E-state index contributed by atoms with van der Waals surface area (Å²) in [7, 11) is 0. The summed E-state index contributed by atoms with van der Waals surface area (Å²) < 4.78 is 5.65. The summed E-state index contributed by atoms with van der Waals surface area (Å²) in [4.78, 5) is 14.8. The highest BCUT2D eigenvalue weighted by Crippen LogP contribution is 2.40. The number of aromatic amines is 1. The van der Waals surface area contributed by atoms with E-state index in [1.807, 2.05) is 25.1 Å². The predicted molar refractivity (Wildman–Crippen MR) is 110 cm³/mol. The van der Waals surface area contributed by atoms with Gasteiger partial charge < -0.3 is 14.8 Å². The molecule has 1 aromatic heterocycles. The number of nitrogens with one attached hydrogen (secondary N) is 1. The van der Waals surface area contributed by atoms with E-state index in [0.29, 0.717) is 26.7 Å². The van der Waals surface area contributed by atoms with Crippen molar-refractivity contribution in [2.24, 2.45) is 10.2 Å². The van der Waals surface area contributed by atoms with E-state index >= 15 is 0 Å². The Morgan fingerprint density at radius 3 is 2.71 bits per heavy atom. The number of aryl methyl sites for hydroxylation is 1. The molecule has 8 heteroatoms. The van der Waals surface area contributed by atoms with Gasteiger partial charge in [-0.3, -0.25) is 4.79 Å². The second kappa shape index (κ2) is 8.20. The van der Waals surface area contributed by atoms with Gasteiger partial charge >= 0.3 is 5.91 Å². The Kier molecular flexibility index (Phi) is 5.91. The highest BCUT2D eigenvalue weighted by molar-refractivity contribution is 6.38. The van der Waals surface area contributed by atoms with Gasteiger partial charge in [0.1, 0.15) is 5.75 Å². The molecule has 0 radical (unpaired) electrons. The fourth-order valence-corrected chi connectivity index (χ4v) is 3.35. The summed E-state index contributed by atoms with van der Waals surface area (Å²) in [5.41, 5.74) is 2.59. The smallest absolute Gasteiger partial charge is 0.302 e. The van der Waals surface area contributed by atoms with Crippen LogP contribution in [-0.2, 0) is 4.79 Å². The summed E-state index contributed by atoms with van der Waals surface area (Å²) in [5.74, 6) is 0.0625. The lowest BCUT2D eigenvalue weighted by atomic mass is 10.0. The van der Waals surface area contributed by atoms with E-state index in [1.54, 1.807) is 6.07 Å². The van der Waals surface area contributed by atoms with Crippen LogP contribution in [0.4, 0.5) is 5.69 Å². The summed E-state index contributed by atoms with van der Waals surface area (Å²) in [6, 6.07) is 8.99. The fourth-order valence-electron chi connectivity index (χ4n) is 2.81. The Bertz CT molecular complexity index is 1070. The number of nitrogens with zero attached hydrogens (tertiary/aromatic N) is 2. The molecule has 28 heavy (non-hydrogen) atoms. The zero-order valence-electron chi connectivity index (χ0n) is 15.6. The molecule has 1 amide bonds. The molecule has 0 saturated carbocycles. The van der Waals surface area contributed by atoms with Crippen LogP contribution >= 0.6 is 23.2 Å². The number of halogens is 2. The van der Waals surface area contributed by atoms with Crippen molar-refractivity contribution in [1.82, 2.24) is 4.98 Å². The summed E-state index contributed by atoms with van der Waals surface area (Å²) >= 11 is 12.1. The highest BCUT2D eigenvalue weighted by atomic mass is 35.5. The number of hydrogen-bond donors (Lipinski definition) is 2. The molecule has 146 valence electrons. The quantitative estimate of drug-likeness (QED) is 0.475. The van der Waals surface area contributed by atoms with Crippen molar-refractivity contribution in [1.29, 1.82) is 0 Å². The normalized spacial score (nSPS) is 11.6. The molecule has 3 aromatic rings. The number of benzene rings is 2. The summed E-state index contributed by atoms with van der Waals surface area (Å²) in [6.07, 6.45) is 0. The minimum absolute atomic E-state index is 0.0891. The topological polar surface area (TPSA) is 87.0 Å². The fraction of sp³-hybridized carbons (Fsp3) is 0.250. The van der Waals surface area contributed by atoms with Crippen molar-refractivity contribution in [3.8, 4) is 11.6 Å². The first-order valence-corrected chi connectivity index (χ1v) is 9.39. The van der Waals surface area contributed by atoms with Crippen LogP contribution in [0, 0.1) is 6.92 Å². The second-order valence-corrected chi connectivity index (χ2v) is 7.55. The van der Waals surface area contributed by atoms with Crippen LogP contribution in [0.1, 0.15) is 30.9 Å². The Balaban J connectivity index is 1.78. The molecule has 0 saturated heterocycles. The molecule has 0 spiro atoms. The number of ether oxygens (including phenoxy) is 1. The number of aromatic nitrogens is 1. The van der Waals surface area contributed by atoms with Gasteiger partial charge in [0.25, 0.3) is 0 Å². The van der Waals surface area contributed by atoms with Crippen LogP contribution in [0.3, 0.4) is 0 Å². The van der Waals surface area contributed by atoms with Gasteiger partial charge in [0, 0.05) is 10.4 Å². The van der Waals surface area contributed by atoms with Crippen molar-refractivity contribution in [3.05, 3.63) is 51.5 Å². The van der Waals surface area contributed by atoms with E-state index in [-0.39, 0.29) is 24.1 Å². The van der Waals surface area contributed by atoms with Crippen molar-refractivity contribution >= 4 is 45.7 Å². The second-order valence-electron chi connectivity index (χ2n) is 6.71. The molecule has 0 bridgehead atoms. The molecule has 1 heterocycles. The van der Waals surface area contributed by atoms with E-state index in [2.05, 4.69) is 29.1 Å². The maximum Gasteiger partial charge on any atom is 0.302 e. The monoisotopic (exact) mass is 419 g/mol. The largest absolute Gasteiger partial charge is 0.493 e. The van der Waals surface area contributed by atoms with Crippen molar-refractivity contribution in [2.45, 2.75) is 26.7 Å². The van der Waals surface area contributed by atoms with E-state index in [9.17, 15) is 9.90 Å². The summed E-state index contributed by atoms with van der Waals surface area (Å²) in [5, 5.41) is 18.7. The van der Waals surface area contributed by atoms with Gasteiger partial charge in [-0.1, -0.05) is 49.2 Å². The number of hydrogen-bond acceptors (Lipinski definition) is 4. The molecule has 6 nitrogen and oxygen atoms in total. The number of H-pyrrole nitrogens is 1. The van der Waals surface area contributed by atoms with Crippen LogP contribution in [0.5, 0.6) is 11.6 Å². The van der Waals surface area contributed by atoms with Gasteiger partial charge in [0.15, 0.2) is 12.3 Å². The first-order valence-electron chi connectivity index (χ1n) is 8.64. The van der Waals surface area contributed by atoms with Gasteiger partial charge in [-0.25, -0.2) is 0 Å². The molecular formula is C20H19Cl2N3O3. The SMILES string of the molecule is Cc1ccc(C(C)C)c(OCC(=O)N=Nc2c(O)[nH]c3c(Cl)cc(Cl)cc23)c1. The van der Waals surface area contributed by atoms with E-state index in [1.165, 1.54) is 6.07 Å². The minimum atomic E-state index is -0.585. The first kappa shape index (κ1) is 20.2. The number of azo groups is 1. The Hall–Kier alpha value is -2.57. The minimum Gasteiger partial charge on any atom is -0.493 e. The Labute approximate surface area is 172 Å². The molecule has 0 unspecified atom stereocenters. The molecule has 0 atom stereocenters. The third kappa shape index (κ3) is 4.29. The zero-order valence-corrected chi connectivity index (χ0v) is 17.1. The molecule has 0 aliphatic rings. The highest BCUT2D eigenvalue weighted by Gasteiger charge is 2.15. The van der Waals surface area contributed by atoms with Gasteiger partial charge in [-0.2, -0.15) is 0 Å². The number of fused-ring (bicyclic) bond motifs is 1.